The molecule has 2 atom stereocenters. The molecule has 2 unspecified atom stereocenters. The Hall–Kier alpha value is -0.0800. The molecule has 0 aromatic heterocycles. The van der Waals surface area contributed by atoms with Crippen LogP contribution < -0.4 is 5.32 Å². The molecule has 1 rings (SSSR count). The zero-order valence-corrected chi connectivity index (χ0v) is 11.1. The molecular formula is C14H29NO. The normalized spacial score (nSPS) is 22.5. The first-order valence-electron chi connectivity index (χ1n) is 7.21. The first kappa shape index (κ1) is 14.0. The number of unbranched alkanes of at least 4 members (excludes halogenated alkanes) is 1. The number of hydrogen-bond acceptors (Lipinski definition) is 2. The molecule has 0 aromatic carbocycles. The van der Waals surface area contributed by atoms with Crippen molar-refractivity contribution in [1.82, 2.24) is 5.32 Å². The fraction of sp³-hybridized carbons (Fsp3) is 1.00. The molecule has 1 saturated heterocycles. The lowest BCUT2D eigenvalue weighted by Gasteiger charge is -2.19. The molecule has 96 valence electrons. The second-order valence-corrected chi connectivity index (χ2v) is 5.01. The first-order chi connectivity index (χ1) is 7.86. The van der Waals surface area contributed by atoms with Crippen LogP contribution in [0.3, 0.4) is 0 Å². The van der Waals surface area contributed by atoms with Crippen LogP contribution >= 0.6 is 0 Å². The number of ether oxygens (including phenoxy) is 1. The summed E-state index contributed by atoms with van der Waals surface area (Å²) in [6.45, 7) is 6.67. The van der Waals surface area contributed by atoms with Crippen LogP contribution in [0.5, 0.6) is 0 Å². The zero-order valence-electron chi connectivity index (χ0n) is 11.1. The highest BCUT2D eigenvalue weighted by Crippen LogP contribution is 2.15. The summed E-state index contributed by atoms with van der Waals surface area (Å²) < 4.78 is 5.64. The summed E-state index contributed by atoms with van der Waals surface area (Å²) in [6.07, 6.45) is 10.9. The monoisotopic (exact) mass is 227 g/mol. The van der Waals surface area contributed by atoms with E-state index < -0.39 is 0 Å². The number of nitrogens with one attached hydrogen (secondary N) is 1. The second kappa shape index (κ2) is 9.00. The van der Waals surface area contributed by atoms with Gasteiger partial charge in [0, 0.05) is 12.6 Å². The summed E-state index contributed by atoms with van der Waals surface area (Å²) in [5.41, 5.74) is 0. The molecule has 1 heterocycles. The third kappa shape index (κ3) is 5.86. The molecule has 1 fully saturated rings. The van der Waals surface area contributed by atoms with Crippen molar-refractivity contribution < 1.29 is 4.74 Å². The minimum absolute atomic E-state index is 0.543. The molecule has 0 spiro atoms. The molecule has 1 aliphatic heterocycles. The molecule has 16 heavy (non-hydrogen) atoms. The molecule has 0 saturated carbocycles. The van der Waals surface area contributed by atoms with Crippen LogP contribution in [0.15, 0.2) is 0 Å². The van der Waals surface area contributed by atoms with E-state index >= 15 is 0 Å². The fourth-order valence-corrected chi connectivity index (χ4v) is 2.47. The summed E-state index contributed by atoms with van der Waals surface area (Å²) in [4.78, 5) is 0. The molecule has 0 aliphatic carbocycles. The van der Waals surface area contributed by atoms with Crippen LogP contribution in [0.25, 0.3) is 0 Å². The van der Waals surface area contributed by atoms with Gasteiger partial charge in [0.2, 0.25) is 0 Å². The highest BCUT2D eigenvalue weighted by atomic mass is 16.5. The summed E-state index contributed by atoms with van der Waals surface area (Å²) in [5, 5.41) is 3.70. The van der Waals surface area contributed by atoms with E-state index in [1.807, 2.05) is 0 Å². The molecule has 0 aromatic rings. The van der Waals surface area contributed by atoms with Gasteiger partial charge in [0.15, 0.2) is 0 Å². The van der Waals surface area contributed by atoms with Gasteiger partial charge in [-0.05, 0) is 38.6 Å². The van der Waals surface area contributed by atoms with Crippen LogP contribution in [0.2, 0.25) is 0 Å². The lowest BCUT2D eigenvalue weighted by atomic mass is 10.0. The lowest BCUT2D eigenvalue weighted by molar-refractivity contribution is 0.103. The van der Waals surface area contributed by atoms with Gasteiger partial charge in [0.05, 0.1) is 6.10 Å². The summed E-state index contributed by atoms with van der Waals surface area (Å²) in [5.74, 6) is 0. The van der Waals surface area contributed by atoms with Crippen LogP contribution in [-0.4, -0.2) is 25.3 Å². The average Bonchev–Trinajstić information content (AvgIpc) is 2.79. The molecule has 1 aliphatic rings. The van der Waals surface area contributed by atoms with E-state index in [1.165, 1.54) is 51.4 Å². The summed E-state index contributed by atoms with van der Waals surface area (Å²) in [6, 6.07) is 0.742. The number of rotatable bonds is 9. The highest BCUT2D eigenvalue weighted by Gasteiger charge is 2.15. The Bertz CT molecular complexity index is 155. The molecule has 2 heteroatoms. The quantitative estimate of drug-likeness (QED) is 0.651. The fourth-order valence-electron chi connectivity index (χ4n) is 2.47. The van der Waals surface area contributed by atoms with E-state index in [-0.39, 0.29) is 0 Å². The Balaban J connectivity index is 2.05. The third-order valence-electron chi connectivity index (χ3n) is 3.47. The van der Waals surface area contributed by atoms with Gasteiger partial charge in [-0.1, -0.05) is 33.1 Å². The maximum Gasteiger partial charge on any atom is 0.0588 e. The van der Waals surface area contributed by atoms with Crippen molar-refractivity contribution in [1.29, 1.82) is 0 Å². The van der Waals surface area contributed by atoms with Crippen LogP contribution in [0.1, 0.15) is 65.2 Å². The first-order valence-corrected chi connectivity index (χ1v) is 7.21. The lowest BCUT2D eigenvalue weighted by Crippen LogP contribution is -2.31. The van der Waals surface area contributed by atoms with Crippen molar-refractivity contribution >= 4 is 0 Å². The second-order valence-electron chi connectivity index (χ2n) is 5.01. The van der Waals surface area contributed by atoms with E-state index in [4.69, 9.17) is 4.74 Å². The van der Waals surface area contributed by atoms with Gasteiger partial charge < -0.3 is 10.1 Å². The van der Waals surface area contributed by atoms with Crippen LogP contribution in [-0.2, 0) is 4.74 Å². The molecule has 1 N–H and O–H groups in total. The van der Waals surface area contributed by atoms with Crippen LogP contribution in [0, 0.1) is 0 Å². The Morgan fingerprint density at radius 1 is 1.25 bits per heavy atom. The van der Waals surface area contributed by atoms with Gasteiger partial charge in [-0.3, -0.25) is 0 Å². The van der Waals surface area contributed by atoms with Crippen molar-refractivity contribution in [2.75, 3.05) is 13.2 Å². The Kier molecular flexibility index (Phi) is 7.87. The standard InChI is InChI=1S/C14H29NO/c1-3-5-8-13(7-4-2)15-11-10-14-9-6-12-16-14/h13-15H,3-12H2,1-2H3. The van der Waals surface area contributed by atoms with Gasteiger partial charge in [-0.2, -0.15) is 0 Å². The van der Waals surface area contributed by atoms with Crippen molar-refractivity contribution in [3.63, 3.8) is 0 Å². The zero-order chi connectivity index (χ0) is 11.6. The summed E-state index contributed by atoms with van der Waals surface area (Å²) in [7, 11) is 0. The maximum atomic E-state index is 5.64. The molecule has 0 amide bonds. The minimum Gasteiger partial charge on any atom is -0.378 e. The van der Waals surface area contributed by atoms with E-state index in [0.29, 0.717) is 6.10 Å². The van der Waals surface area contributed by atoms with Gasteiger partial charge in [0.25, 0.3) is 0 Å². The Labute approximate surface area is 101 Å². The smallest absolute Gasteiger partial charge is 0.0588 e. The molecule has 0 radical (unpaired) electrons. The van der Waals surface area contributed by atoms with Crippen molar-refractivity contribution in [2.45, 2.75) is 77.4 Å². The van der Waals surface area contributed by atoms with Gasteiger partial charge in [-0.15, -0.1) is 0 Å². The topological polar surface area (TPSA) is 21.3 Å². The summed E-state index contributed by atoms with van der Waals surface area (Å²) >= 11 is 0. The van der Waals surface area contributed by atoms with Gasteiger partial charge >= 0.3 is 0 Å². The highest BCUT2D eigenvalue weighted by molar-refractivity contribution is 4.70. The maximum absolute atomic E-state index is 5.64. The largest absolute Gasteiger partial charge is 0.378 e. The van der Waals surface area contributed by atoms with Crippen molar-refractivity contribution in [2.24, 2.45) is 0 Å². The minimum atomic E-state index is 0.543. The third-order valence-corrected chi connectivity index (χ3v) is 3.47. The van der Waals surface area contributed by atoms with Crippen molar-refractivity contribution in [3.8, 4) is 0 Å². The van der Waals surface area contributed by atoms with E-state index in [1.54, 1.807) is 0 Å². The van der Waals surface area contributed by atoms with E-state index in [9.17, 15) is 0 Å². The molecular weight excluding hydrogens is 198 g/mol. The van der Waals surface area contributed by atoms with Crippen molar-refractivity contribution in [3.05, 3.63) is 0 Å². The van der Waals surface area contributed by atoms with Gasteiger partial charge in [-0.25, -0.2) is 0 Å². The molecule has 0 bridgehead atoms. The Morgan fingerprint density at radius 3 is 2.75 bits per heavy atom. The SMILES string of the molecule is CCCCC(CCC)NCCC1CCCO1. The van der Waals surface area contributed by atoms with Crippen LogP contribution in [0.4, 0.5) is 0 Å². The van der Waals surface area contributed by atoms with E-state index in [0.717, 1.165) is 19.2 Å². The Morgan fingerprint density at radius 2 is 2.12 bits per heavy atom. The predicted molar refractivity (Wildman–Crippen MR) is 69.8 cm³/mol. The average molecular weight is 227 g/mol. The van der Waals surface area contributed by atoms with Gasteiger partial charge in [0.1, 0.15) is 0 Å². The van der Waals surface area contributed by atoms with E-state index in [2.05, 4.69) is 19.2 Å². The molecule has 2 nitrogen and oxygen atoms in total. The number of hydrogen-bond donors (Lipinski definition) is 1. The predicted octanol–water partition coefficient (Wildman–Crippen LogP) is 3.50.